The number of esters is 1. The van der Waals surface area contributed by atoms with Crippen LogP contribution < -0.4 is 4.90 Å². The summed E-state index contributed by atoms with van der Waals surface area (Å²) in [6.45, 7) is 3.24. The molecule has 1 aromatic heterocycles. The van der Waals surface area contributed by atoms with Gasteiger partial charge in [0.05, 0.1) is 18.5 Å². The number of aromatic nitrogens is 1. The fourth-order valence-electron chi connectivity index (χ4n) is 2.98. The Bertz CT molecular complexity index is 641. The third-order valence-corrected chi connectivity index (χ3v) is 3.96. The van der Waals surface area contributed by atoms with E-state index in [9.17, 15) is 4.79 Å². The molecule has 0 amide bonds. The molecule has 0 spiro atoms. The number of rotatable bonds is 4. The van der Waals surface area contributed by atoms with Crippen LogP contribution in [0, 0.1) is 0 Å². The first kappa shape index (κ1) is 13.9. The molecule has 1 saturated heterocycles. The minimum atomic E-state index is -0.116. The number of hydrogen-bond acceptors (Lipinski definition) is 4. The molecule has 1 aromatic carbocycles. The van der Waals surface area contributed by atoms with Crippen molar-refractivity contribution in [1.29, 1.82) is 0 Å². The molecule has 21 heavy (non-hydrogen) atoms. The first-order chi connectivity index (χ1) is 10.3. The van der Waals surface area contributed by atoms with Crippen LogP contribution >= 0.6 is 0 Å². The quantitative estimate of drug-likeness (QED) is 0.809. The van der Waals surface area contributed by atoms with Crippen LogP contribution in [0.1, 0.15) is 26.2 Å². The Labute approximate surface area is 124 Å². The third kappa shape index (κ3) is 2.99. The zero-order chi connectivity index (χ0) is 14.7. The predicted molar refractivity (Wildman–Crippen MR) is 83.4 cm³/mol. The average Bonchev–Trinajstić information content (AvgIpc) is 2.95. The lowest BCUT2D eigenvalue weighted by Gasteiger charge is -2.25. The number of ether oxygens (including phenoxy) is 1. The van der Waals surface area contributed by atoms with Gasteiger partial charge in [0.25, 0.3) is 0 Å². The molecule has 0 aliphatic carbocycles. The Kier molecular flexibility index (Phi) is 4.04. The zero-order valence-electron chi connectivity index (χ0n) is 12.3. The minimum Gasteiger partial charge on any atom is -0.466 e. The fourth-order valence-corrected chi connectivity index (χ4v) is 2.98. The maximum atomic E-state index is 11.7. The summed E-state index contributed by atoms with van der Waals surface area (Å²) in [6, 6.07) is 12.4. The average molecular weight is 284 g/mol. The summed E-state index contributed by atoms with van der Waals surface area (Å²) in [5.74, 6) is 0.843. The molecule has 1 aliphatic heterocycles. The van der Waals surface area contributed by atoms with Crippen LogP contribution in [0.15, 0.2) is 36.4 Å². The molecule has 1 fully saturated rings. The van der Waals surface area contributed by atoms with Gasteiger partial charge in [0, 0.05) is 18.0 Å². The van der Waals surface area contributed by atoms with Gasteiger partial charge < -0.3 is 9.64 Å². The molecular weight excluding hydrogens is 264 g/mol. The van der Waals surface area contributed by atoms with Crippen molar-refractivity contribution >= 4 is 22.7 Å². The summed E-state index contributed by atoms with van der Waals surface area (Å²) in [4.78, 5) is 18.7. The van der Waals surface area contributed by atoms with Gasteiger partial charge in [-0.05, 0) is 38.0 Å². The van der Waals surface area contributed by atoms with Crippen molar-refractivity contribution in [2.24, 2.45) is 0 Å². The third-order valence-electron chi connectivity index (χ3n) is 3.96. The van der Waals surface area contributed by atoms with Gasteiger partial charge in [-0.25, -0.2) is 4.98 Å². The van der Waals surface area contributed by atoms with E-state index in [0.29, 0.717) is 13.0 Å². The molecule has 4 nitrogen and oxygen atoms in total. The normalized spacial score (nSPS) is 18.1. The lowest BCUT2D eigenvalue weighted by molar-refractivity contribution is -0.143. The standard InChI is InChI=1S/C17H20N2O2/c1-2-21-17(20)12-14-7-5-11-19(14)16-10-9-13-6-3-4-8-15(13)18-16/h3-4,6,8-10,14H,2,5,7,11-12H2,1H3. The molecule has 0 N–H and O–H groups in total. The lowest BCUT2D eigenvalue weighted by atomic mass is 10.1. The number of benzene rings is 1. The largest absolute Gasteiger partial charge is 0.466 e. The number of fused-ring (bicyclic) bond motifs is 1. The van der Waals surface area contributed by atoms with Crippen LogP contribution in [0.25, 0.3) is 10.9 Å². The highest BCUT2D eigenvalue weighted by molar-refractivity contribution is 5.80. The van der Waals surface area contributed by atoms with Gasteiger partial charge in [-0.2, -0.15) is 0 Å². The highest BCUT2D eigenvalue weighted by atomic mass is 16.5. The predicted octanol–water partition coefficient (Wildman–Crippen LogP) is 3.16. The summed E-state index contributed by atoms with van der Waals surface area (Å²) in [6.07, 6.45) is 2.56. The number of para-hydroxylation sites is 1. The Balaban J connectivity index is 1.81. The summed E-state index contributed by atoms with van der Waals surface area (Å²) < 4.78 is 5.07. The van der Waals surface area contributed by atoms with Crippen LogP contribution in [0.3, 0.4) is 0 Å². The first-order valence-corrected chi connectivity index (χ1v) is 7.56. The van der Waals surface area contributed by atoms with Crippen LogP contribution in [0.4, 0.5) is 5.82 Å². The number of pyridine rings is 1. The van der Waals surface area contributed by atoms with E-state index in [1.54, 1.807) is 0 Å². The second-order valence-corrected chi connectivity index (χ2v) is 5.36. The van der Waals surface area contributed by atoms with Gasteiger partial charge in [0.2, 0.25) is 0 Å². The van der Waals surface area contributed by atoms with Crippen LogP contribution in [-0.2, 0) is 9.53 Å². The van der Waals surface area contributed by atoms with Crippen molar-refractivity contribution in [1.82, 2.24) is 4.98 Å². The maximum absolute atomic E-state index is 11.7. The van der Waals surface area contributed by atoms with Crippen molar-refractivity contribution in [2.45, 2.75) is 32.2 Å². The van der Waals surface area contributed by atoms with Gasteiger partial charge in [-0.15, -0.1) is 0 Å². The first-order valence-electron chi connectivity index (χ1n) is 7.56. The minimum absolute atomic E-state index is 0.116. The lowest BCUT2D eigenvalue weighted by Crippen LogP contribution is -2.32. The highest BCUT2D eigenvalue weighted by Gasteiger charge is 2.28. The van der Waals surface area contributed by atoms with E-state index in [0.717, 1.165) is 36.1 Å². The zero-order valence-corrected chi connectivity index (χ0v) is 12.3. The van der Waals surface area contributed by atoms with Crippen molar-refractivity contribution in [3.63, 3.8) is 0 Å². The van der Waals surface area contributed by atoms with Gasteiger partial charge in [-0.3, -0.25) is 4.79 Å². The Morgan fingerprint density at radius 3 is 3.05 bits per heavy atom. The van der Waals surface area contributed by atoms with Gasteiger partial charge in [0.1, 0.15) is 5.82 Å². The smallest absolute Gasteiger partial charge is 0.307 e. The van der Waals surface area contributed by atoms with Crippen molar-refractivity contribution in [3.8, 4) is 0 Å². The maximum Gasteiger partial charge on any atom is 0.307 e. The van der Waals surface area contributed by atoms with E-state index >= 15 is 0 Å². The van der Waals surface area contributed by atoms with Crippen molar-refractivity contribution in [2.75, 3.05) is 18.1 Å². The van der Waals surface area contributed by atoms with Gasteiger partial charge in [0.15, 0.2) is 0 Å². The van der Waals surface area contributed by atoms with Crippen LogP contribution in [0.2, 0.25) is 0 Å². The molecule has 0 radical (unpaired) electrons. The number of hydrogen-bond donors (Lipinski definition) is 0. The number of nitrogens with zero attached hydrogens (tertiary/aromatic N) is 2. The molecule has 1 aliphatic rings. The van der Waals surface area contributed by atoms with E-state index in [1.165, 1.54) is 0 Å². The molecule has 4 heteroatoms. The summed E-state index contributed by atoms with van der Waals surface area (Å²) in [5.41, 5.74) is 0.997. The summed E-state index contributed by atoms with van der Waals surface area (Å²) in [5, 5.41) is 1.14. The van der Waals surface area contributed by atoms with Crippen molar-refractivity contribution in [3.05, 3.63) is 36.4 Å². The molecule has 3 rings (SSSR count). The summed E-state index contributed by atoms with van der Waals surface area (Å²) in [7, 11) is 0. The SMILES string of the molecule is CCOC(=O)CC1CCCN1c1ccc2ccccc2n1. The molecule has 0 bridgehead atoms. The van der Waals surface area contributed by atoms with E-state index in [-0.39, 0.29) is 12.0 Å². The number of carbonyl (C=O) groups excluding carboxylic acids is 1. The van der Waals surface area contributed by atoms with E-state index in [2.05, 4.69) is 17.0 Å². The van der Waals surface area contributed by atoms with E-state index in [1.807, 2.05) is 31.2 Å². The molecule has 110 valence electrons. The monoisotopic (exact) mass is 284 g/mol. The number of carbonyl (C=O) groups is 1. The van der Waals surface area contributed by atoms with Crippen LogP contribution in [-0.4, -0.2) is 30.1 Å². The van der Waals surface area contributed by atoms with Crippen molar-refractivity contribution < 1.29 is 9.53 Å². The van der Waals surface area contributed by atoms with E-state index in [4.69, 9.17) is 9.72 Å². The van der Waals surface area contributed by atoms with Gasteiger partial charge >= 0.3 is 5.97 Å². The molecule has 0 saturated carbocycles. The highest BCUT2D eigenvalue weighted by Crippen LogP contribution is 2.27. The second kappa shape index (κ2) is 6.12. The van der Waals surface area contributed by atoms with E-state index < -0.39 is 0 Å². The molecule has 1 unspecified atom stereocenters. The van der Waals surface area contributed by atoms with Gasteiger partial charge in [-0.1, -0.05) is 18.2 Å². The Morgan fingerprint density at radius 2 is 2.19 bits per heavy atom. The molecule has 2 aromatic rings. The molecular formula is C17H20N2O2. The molecule has 2 heterocycles. The summed E-state index contributed by atoms with van der Waals surface area (Å²) >= 11 is 0. The topological polar surface area (TPSA) is 42.4 Å². The van der Waals surface area contributed by atoms with Crippen LogP contribution in [0.5, 0.6) is 0 Å². The Morgan fingerprint density at radius 1 is 1.33 bits per heavy atom. The second-order valence-electron chi connectivity index (χ2n) is 5.36. The Hall–Kier alpha value is -2.10. The fraction of sp³-hybridized carbons (Fsp3) is 0.412. The molecule has 1 atom stereocenters. The number of anilines is 1.